The molecule has 0 spiro atoms. The molecule has 0 unspecified atom stereocenters. The van der Waals surface area contributed by atoms with E-state index in [9.17, 15) is 0 Å². The molecule has 19 heavy (non-hydrogen) atoms. The standard InChI is InChI=1S/C15H28N4/c1-8-19(9-10(2)3)13-11(4)12(16)17-14(18-13)15(5,6)7/h10H,8-9H2,1-7H3,(H2,16,17,18). The Morgan fingerprint density at radius 3 is 2.21 bits per heavy atom. The van der Waals surface area contributed by atoms with Crippen molar-refractivity contribution in [1.29, 1.82) is 0 Å². The molecule has 0 aliphatic rings. The predicted molar refractivity (Wildman–Crippen MR) is 82.6 cm³/mol. The van der Waals surface area contributed by atoms with E-state index in [4.69, 9.17) is 10.7 Å². The molecule has 0 bridgehead atoms. The Labute approximate surface area is 117 Å². The number of nitrogen functional groups attached to an aromatic ring is 1. The lowest BCUT2D eigenvalue weighted by molar-refractivity contribution is 0.541. The second-order valence-electron chi connectivity index (χ2n) is 6.56. The molecular formula is C15H28N4. The summed E-state index contributed by atoms with van der Waals surface area (Å²) in [6.45, 7) is 16.8. The molecule has 108 valence electrons. The number of nitrogens with zero attached hydrogens (tertiary/aromatic N) is 3. The zero-order chi connectivity index (χ0) is 14.8. The van der Waals surface area contributed by atoms with Crippen molar-refractivity contribution in [2.45, 2.75) is 53.9 Å². The number of aromatic nitrogens is 2. The van der Waals surface area contributed by atoms with Crippen molar-refractivity contribution in [2.75, 3.05) is 23.7 Å². The van der Waals surface area contributed by atoms with Gasteiger partial charge in [0, 0.05) is 24.1 Å². The summed E-state index contributed by atoms with van der Waals surface area (Å²) in [5.41, 5.74) is 6.96. The summed E-state index contributed by atoms with van der Waals surface area (Å²) in [4.78, 5) is 11.5. The maximum Gasteiger partial charge on any atom is 0.138 e. The van der Waals surface area contributed by atoms with Crippen LogP contribution in [0.5, 0.6) is 0 Å². The monoisotopic (exact) mass is 264 g/mol. The molecule has 0 aromatic carbocycles. The van der Waals surface area contributed by atoms with Gasteiger partial charge in [0.1, 0.15) is 17.5 Å². The molecule has 4 heteroatoms. The van der Waals surface area contributed by atoms with Crippen molar-refractivity contribution in [3.63, 3.8) is 0 Å². The lowest BCUT2D eigenvalue weighted by Gasteiger charge is -2.28. The Hall–Kier alpha value is -1.32. The van der Waals surface area contributed by atoms with Crippen LogP contribution in [0.25, 0.3) is 0 Å². The van der Waals surface area contributed by atoms with Gasteiger partial charge in [0.15, 0.2) is 0 Å². The van der Waals surface area contributed by atoms with Crippen LogP contribution in [-0.2, 0) is 5.41 Å². The zero-order valence-electron chi connectivity index (χ0n) is 13.4. The third-order valence-corrected chi connectivity index (χ3v) is 3.10. The highest BCUT2D eigenvalue weighted by molar-refractivity contribution is 5.56. The van der Waals surface area contributed by atoms with Crippen LogP contribution in [-0.4, -0.2) is 23.1 Å². The van der Waals surface area contributed by atoms with Gasteiger partial charge in [-0.1, -0.05) is 34.6 Å². The summed E-state index contributed by atoms with van der Waals surface area (Å²) in [7, 11) is 0. The molecule has 0 amide bonds. The fourth-order valence-corrected chi connectivity index (χ4v) is 1.97. The lowest BCUT2D eigenvalue weighted by Crippen LogP contribution is -2.30. The summed E-state index contributed by atoms with van der Waals surface area (Å²) in [6, 6.07) is 0. The summed E-state index contributed by atoms with van der Waals surface area (Å²) in [5.74, 6) is 2.98. The molecule has 4 nitrogen and oxygen atoms in total. The minimum Gasteiger partial charge on any atom is -0.383 e. The molecule has 0 atom stereocenters. The first-order valence-corrected chi connectivity index (χ1v) is 7.06. The van der Waals surface area contributed by atoms with E-state index in [-0.39, 0.29) is 5.41 Å². The smallest absolute Gasteiger partial charge is 0.138 e. The molecule has 1 rings (SSSR count). The van der Waals surface area contributed by atoms with Gasteiger partial charge in [0.25, 0.3) is 0 Å². The molecule has 0 saturated heterocycles. The van der Waals surface area contributed by atoms with Crippen LogP contribution < -0.4 is 10.6 Å². The van der Waals surface area contributed by atoms with Crippen molar-refractivity contribution < 1.29 is 0 Å². The van der Waals surface area contributed by atoms with Crippen LogP contribution in [0, 0.1) is 12.8 Å². The number of nitrogens with two attached hydrogens (primary N) is 1. The van der Waals surface area contributed by atoms with Crippen molar-refractivity contribution in [3.8, 4) is 0 Å². The Bertz CT molecular complexity index is 433. The Morgan fingerprint density at radius 1 is 1.21 bits per heavy atom. The van der Waals surface area contributed by atoms with Crippen LogP contribution in [0.2, 0.25) is 0 Å². The highest BCUT2D eigenvalue weighted by Gasteiger charge is 2.22. The minimum atomic E-state index is -0.0895. The highest BCUT2D eigenvalue weighted by atomic mass is 15.2. The number of anilines is 2. The van der Waals surface area contributed by atoms with Gasteiger partial charge in [-0.25, -0.2) is 9.97 Å². The van der Waals surface area contributed by atoms with E-state index in [1.54, 1.807) is 0 Å². The molecule has 0 aliphatic heterocycles. The van der Waals surface area contributed by atoms with E-state index in [1.165, 1.54) is 0 Å². The summed E-state index contributed by atoms with van der Waals surface area (Å²) < 4.78 is 0. The number of hydrogen-bond donors (Lipinski definition) is 1. The van der Waals surface area contributed by atoms with E-state index in [2.05, 4.69) is 51.4 Å². The quantitative estimate of drug-likeness (QED) is 0.907. The van der Waals surface area contributed by atoms with Gasteiger partial charge in [-0.3, -0.25) is 0 Å². The van der Waals surface area contributed by atoms with Crippen molar-refractivity contribution >= 4 is 11.6 Å². The molecule has 0 radical (unpaired) electrons. The van der Waals surface area contributed by atoms with E-state index >= 15 is 0 Å². The molecule has 2 N–H and O–H groups in total. The van der Waals surface area contributed by atoms with Gasteiger partial charge in [0.2, 0.25) is 0 Å². The Balaban J connectivity index is 3.28. The lowest BCUT2D eigenvalue weighted by atomic mass is 9.95. The molecule has 1 aromatic rings. The summed E-state index contributed by atoms with van der Waals surface area (Å²) >= 11 is 0. The third kappa shape index (κ3) is 3.82. The van der Waals surface area contributed by atoms with Crippen molar-refractivity contribution in [3.05, 3.63) is 11.4 Å². The Morgan fingerprint density at radius 2 is 1.79 bits per heavy atom. The predicted octanol–water partition coefficient (Wildman–Crippen LogP) is 3.15. The van der Waals surface area contributed by atoms with Crippen molar-refractivity contribution in [1.82, 2.24) is 9.97 Å². The molecule has 1 heterocycles. The van der Waals surface area contributed by atoms with Gasteiger partial charge in [-0.2, -0.15) is 0 Å². The molecule has 1 aromatic heterocycles. The number of rotatable bonds is 4. The zero-order valence-corrected chi connectivity index (χ0v) is 13.4. The van der Waals surface area contributed by atoms with Crippen LogP contribution in [0.3, 0.4) is 0 Å². The molecular weight excluding hydrogens is 236 g/mol. The van der Waals surface area contributed by atoms with E-state index in [1.807, 2.05) is 6.92 Å². The van der Waals surface area contributed by atoms with E-state index in [0.717, 1.165) is 30.3 Å². The maximum absolute atomic E-state index is 6.06. The van der Waals surface area contributed by atoms with Gasteiger partial charge in [-0.15, -0.1) is 0 Å². The first kappa shape index (κ1) is 15.7. The average molecular weight is 264 g/mol. The SMILES string of the molecule is CCN(CC(C)C)c1nc(C(C)(C)C)nc(N)c1C. The molecule has 0 fully saturated rings. The fraction of sp³-hybridized carbons (Fsp3) is 0.733. The average Bonchev–Trinajstić information content (AvgIpc) is 2.28. The van der Waals surface area contributed by atoms with Gasteiger partial charge in [0.05, 0.1) is 0 Å². The second-order valence-corrected chi connectivity index (χ2v) is 6.56. The fourth-order valence-electron chi connectivity index (χ4n) is 1.97. The van der Waals surface area contributed by atoms with Gasteiger partial charge >= 0.3 is 0 Å². The first-order chi connectivity index (χ1) is 8.66. The van der Waals surface area contributed by atoms with Crippen LogP contribution in [0.15, 0.2) is 0 Å². The summed E-state index contributed by atoms with van der Waals surface area (Å²) in [6.07, 6.45) is 0. The first-order valence-electron chi connectivity index (χ1n) is 7.06. The number of hydrogen-bond acceptors (Lipinski definition) is 4. The van der Waals surface area contributed by atoms with Gasteiger partial charge < -0.3 is 10.6 Å². The van der Waals surface area contributed by atoms with Gasteiger partial charge in [-0.05, 0) is 19.8 Å². The summed E-state index contributed by atoms with van der Waals surface area (Å²) in [5, 5.41) is 0. The van der Waals surface area contributed by atoms with E-state index < -0.39 is 0 Å². The largest absolute Gasteiger partial charge is 0.383 e. The van der Waals surface area contributed by atoms with Crippen molar-refractivity contribution in [2.24, 2.45) is 5.92 Å². The third-order valence-electron chi connectivity index (χ3n) is 3.10. The van der Waals surface area contributed by atoms with Crippen LogP contribution in [0.4, 0.5) is 11.6 Å². The topological polar surface area (TPSA) is 55.0 Å². The van der Waals surface area contributed by atoms with Crippen LogP contribution >= 0.6 is 0 Å². The molecule has 0 saturated carbocycles. The maximum atomic E-state index is 6.06. The molecule has 0 aliphatic carbocycles. The normalized spacial score (nSPS) is 12.0. The van der Waals surface area contributed by atoms with E-state index in [0.29, 0.717) is 11.7 Å². The highest BCUT2D eigenvalue weighted by Crippen LogP contribution is 2.27. The van der Waals surface area contributed by atoms with Crippen LogP contribution in [0.1, 0.15) is 52.9 Å². The second kappa shape index (κ2) is 5.76. The Kier molecular flexibility index (Phi) is 4.77. The minimum absolute atomic E-state index is 0.0895.